The van der Waals surface area contributed by atoms with E-state index in [0.29, 0.717) is 12.1 Å². The highest BCUT2D eigenvalue weighted by molar-refractivity contribution is 7.85. The minimum absolute atomic E-state index is 0.0469. The lowest BCUT2D eigenvalue weighted by atomic mass is 10.00. The Morgan fingerprint density at radius 2 is 1.85 bits per heavy atom. The largest absolute Gasteiger partial charge is 0.354 e. The lowest BCUT2D eigenvalue weighted by molar-refractivity contribution is -0.122. The molecule has 1 aliphatic heterocycles. The van der Waals surface area contributed by atoms with Crippen molar-refractivity contribution in [2.75, 3.05) is 17.2 Å². The first-order valence-corrected chi connectivity index (χ1v) is 10.1. The summed E-state index contributed by atoms with van der Waals surface area (Å²) in [7, 11) is -4.11. The standard InChI is InChI=1S/C19H20N2O5S/c1-13(18(22)20-10-11-27(24,25)26)14-6-8-16(9-7-14)21-12-15-4-2-3-5-17(15)19(21)23/h2-9,13H,10-12H2,1H3,(H,20,22)(H,24,25,26). The van der Waals surface area contributed by atoms with Crippen LogP contribution in [0.25, 0.3) is 0 Å². The van der Waals surface area contributed by atoms with E-state index in [4.69, 9.17) is 4.55 Å². The van der Waals surface area contributed by atoms with Crippen LogP contribution in [0.1, 0.15) is 34.3 Å². The fraction of sp³-hybridized carbons (Fsp3) is 0.263. The number of fused-ring (bicyclic) bond motifs is 1. The average molecular weight is 388 g/mol. The van der Waals surface area contributed by atoms with Crippen molar-refractivity contribution < 1.29 is 22.6 Å². The van der Waals surface area contributed by atoms with Gasteiger partial charge >= 0.3 is 0 Å². The Bertz CT molecular complexity index is 970. The van der Waals surface area contributed by atoms with Crippen molar-refractivity contribution in [2.24, 2.45) is 0 Å². The molecule has 2 N–H and O–H groups in total. The smallest absolute Gasteiger partial charge is 0.266 e. The number of carbonyl (C=O) groups excluding carboxylic acids is 2. The molecule has 0 saturated carbocycles. The number of hydrogen-bond donors (Lipinski definition) is 2. The summed E-state index contributed by atoms with van der Waals surface area (Å²) in [6, 6.07) is 14.6. The topological polar surface area (TPSA) is 104 Å². The summed E-state index contributed by atoms with van der Waals surface area (Å²) in [6.45, 7) is 2.06. The molecule has 142 valence electrons. The highest BCUT2D eigenvalue weighted by Gasteiger charge is 2.28. The Labute approximate surface area is 157 Å². The van der Waals surface area contributed by atoms with Crippen LogP contribution in [-0.2, 0) is 21.5 Å². The molecule has 1 aliphatic rings. The molecule has 7 nitrogen and oxygen atoms in total. The Balaban J connectivity index is 1.65. The van der Waals surface area contributed by atoms with Crippen LogP contribution < -0.4 is 10.2 Å². The van der Waals surface area contributed by atoms with Gasteiger partial charge in [0.05, 0.1) is 18.2 Å². The first-order chi connectivity index (χ1) is 12.8. The number of nitrogens with one attached hydrogen (secondary N) is 1. The summed E-state index contributed by atoms with van der Waals surface area (Å²) in [4.78, 5) is 26.3. The molecule has 8 heteroatoms. The van der Waals surface area contributed by atoms with Gasteiger partial charge in [-0.05, 0) is 36.2 Å². The van der Waals surface area contributed by atoms with Gasteiger partial charge in [0.1, 0.15) is 0 Å². The molecule has 3 rings (SSSR count). The Morgan fingerprint density at radius 1 is 1.19 bits per heavy atom. The maximum atomic E-state index is 12.5. The number of rotatable bonds is 6. The third kappa shape index (κ3) is 4.35. The van der Waals surface area contributed by atoms with Crippen LogP contribution in [0, 0.1) is 0 Å². The molecule has 0 fully saturated rings. The van der Waals surface area contributed by atoms with Crippen molar-refractivity contribution in [3.63, 3.8) is 0 Å². The molecule has 1 heterocycles. The van der Waals surface area contributed by atoms with Crippen LogP contribution in [0.3, 0.4) is 0 Å². The molecule has 2 aromatic rings. The fourth-order valence-corrected chi connectivity index (χ4v) is 3.37. The van der Waals surface area contributed by atoms with E-state index < -0.39 is 21.8 Å². The zero-order valence-corrected chi connectivity index (χ0v) is 15.6. The van der Waals surface area contributed by atoms with Gasteiger partial charge in [0.25, 0.3) is 16.0 Å². The second-order valence-electron chi connectivity index (χ2n) is 6.44. The summed E-state index contributed by atoms with van der Waals surface area (Å²) in [5.41, 5.74) is 3.18. The van der Waals surface area contributed by atoms with Gasteiger partial charge in [-0.3, -0.25) is 14.1 Å². The Morgan fingerprint density at radius 3 is 2.48 bits per heavy atom. The molecule has 0 radical (unpaired) electrons. The van der Waals surface area contributed by atoms with Gasteiger partial charge in [0, 0.05) is 17.8 Å². The Kier molecular flexibility index (Phi) is 5.29. The van der Waals surface area contributed by atoms with E-state index in [1.165, 1.54) is 0 Å². The van der Waals surface area contributed by atoms with E-state index in [2.05, 4.69) is 5.32 Å². The minimum atomic E-state index is -4.11. The predicted molar refractivity (Wildman–Crippen MR) is 101 cm³/mol. The fourth-order valence-electron chi connectivity index (χ4n) is 3.01. The highest BCUT2D eigenvalue weighted by Crippen LogP contribution is 2.29. The molecule has 1 unspecified atom stereocenters. The molecule has 1 atom stereocenters. The number of nitrogens with zero attached hydrogens (tertiary/aromatic N) is 1. The molecule has 0 aliphatic carbocycles. The summed E-state index contributed by atoms with van der Waals surface area (Å²) >= 11 is 0. The van der Waals surface area contributed by atoms with E-state index in [1.54, 1.807) is 36.1 Å². The van der Waals surface area contributed by atoms with E-state index >= 15 is 0 Å². The minimum Gasteiger partial charge on any atom is -0.354 e. The number of amides is 2. The second kappa shape index (κ2) is 7.50. The van der Waals surface area contributed by atoms with Crippen LogP contribution in [0.2, 0.25) is 0 Å². The van der Waals surface area contributed by atoms with Gasteiger partial charge < -0.3 is 10.2 Å². The summed E-state index contributed by atoms with van der Waals surface area (Å²) < 4.78 is 30.1. The van der Waals surface area contributed by atoms with Crippen molar-refractivity contribution in [1.29, 1.82) is 0 Å². The summed E-state index contributed by atoms with van der Waals surface area (Å²) in [6.07, 6.45) is 0. The van der Waals surface area contributed by atoms with Gasteiger partial charge in [-0.2, -0.15) is 8.42 Å². The number of benzene rings is 2. The molecule has 2 amide bonds. The lowest BCUT2D eigenvalue weighted by Crippen LogP contribution is -2.32. The maximum Gasteiger partial charge on any atom is 0.266 e. The molecule has 2 aromatic carbocycles. The molecule has 0 aromatic heterocycles. The number of carbonyl (C=O) groups is 2. The average Bonchev–Trinajstić information content (AvgIpc) is 2.97. The zero-order valence-electron chi connectivity index (χ0n) is 14.8. The first-order valence-electron chi connectivity index (χ1n) is 8.49. The van der Waals surface area contributed by atoms with Crippen molar-refractivity contribution in [3.8, 4) is 0 Å². The lowest BCUT2D eigenvalue weighted by Gasteiger charge is -2.17. The SMILES string of the molecule is CC(C(=O)NCCS(=O)(=O)O)c1ccc(N2Cc3ccccc3C2=O)cc1. The van der Waals surface area contributed by atoms with Crippen LogP contribution in [0.15, 0.2) is 48.5 Å². The zero-order chi connectivity index (χ0) is 19.6. The first kappa shape index (κ1) is 19.1. The normalized spacial score (nSPS) is 14.7. The van der Waals surface area contributed by atoms with Crippen molar-refractivity contribution in [2.45, 2.75) is 19.4 Å². The van der Waals surface area contributed by atoms with Crippen molar-refractivity contribution in [1.82, 2.24) is 5.32 Å². The van der Waals surface area contributed by atoms with Gasteiger partial charge in [-0.25, -0.2) is 0 Å². The molecular weight excluding hydrogens is 368 g/mol. The highest BCUT2D eigenvalue weighted by atomic mass is 32.2. The summed E-state index contributed by atoms with van der Waals surface area (Å²) in [5, 5.41) is 2.48. The van der Waals surface area contributed by atoms with Gasteiger partial charge in [0.15, 0.2) is 0 Å². The molecule has 0 spiro atoms. The molecule has 0 saturated heterocycles. The van der Waals surface area contributed by atoms with Crippen LogP contribution in [0.4, 0.5) is 5.69 Å². The van der Waals surface area contributed by atoms with Crippen LogP contribution >= 0.6 is 0 Å². The van der Waals surface area contributed by atoms with Crippen molar-refractivity contribution in [3.05, 3.63) is 65.2 Å². The maximum absolute atomic E-state index is 12.5. The third-order valence-electron chi connectivity index (χ3n) is 4.58. The molecule has 0 bridgehead atoms. The van der Waals surface area contributed by atoms with Gasteiger partial charge in [-0.15, -0.1) is 0 Å². The monoisotopic (exact) mass is 388 g/mol. The molecule has 27 heavy (non-hydrogen) atoms. The van der Waals surface area contributed by atoms with E-state index in [1.807, 2.05) is 24.3 Å². The van der Waals surface area contributed by atoms with Crippen molar-refractivity contribution >= 4 is 27.6 Å². The number of anilines is 1. The summed E-state index contributed by atoms with van der Waals surface area (Å²) in [5.74, 6) is -1.40. The van der Waals surface area contributed by atoms with E-state index in [9.17, 15) is 18.0 Å². The van der Waals surface area contributed by atoms with Gasteiger partial charge in [0.2, 0.25) is 5.91 Å². The predicted octanol–water partition coefficient (Wildman–Crippen LogP) is 1.95. The second-order valence-corrected chi connectivity index (χ2v) is 8.01. The number of hydrogen-bond acceptors (Lipinski definition) is 4. The third-order valence-corrected chi connectivity index (χ3v) is 5.30. The van der Waals surface area contributed by atoms with Crippen LogP contribution in [0.5, 0.6) is 0 Å². The Hall–Kier alpha value is -2.71. The van der Waals surface area contributed by atoms with E-state index in [-0.39, 0.29) is 18.4 Å². The van der Waals surface area contributed by atoms with Gasteiger partial charge in [-0.1, -0.05) is 30.3 Å². The molecular formula is C19H20N2O5S. The van der Waals surface area contributed by atoms with Crippen LogP contribution in [-0.4, -0.2) is 37.1 Å². The van der Waals surface area contributed by atoms with E-state index in [0.717, 1.165) is 16.8 Å². The quantitative estimate of drug-likeness (QED) is 0.736.